The van der Waals surface area contributed by atoms with E-state index in [1.54, 1.807) is 0 Å². The van der Waals surface area contributed by atoms with Crippen molar-refractivity contribution >= 4 is 11.9 Å². The second-order valence-corrected chi connectivity index (χ2v) is 4.79. The second-order valence-electron chi connectivity index (χ2n) is 4.79. The summed E-state index contributed by atoms with van der Waals surface area (Å²) in [6.07, 6.45) is 8.05. The minimum atomic E-state index is -0.933. The molecule has 0 aromatic heterocycles. The van der Waals surface area contributed by atoms with Crippen LogP contribution in [0.4, 0.5) is 0 Å². The lowest BCUT2D eigenvalue weighted by molar-refractivity contribution is -0.139. The molecule has 0 bridgehead atoms. The predicted molar refractivity (Wildman–Crippen MR) is 79.5 cm³/mol. The van der Waals surface area contributed by atoms with Gasteiger partial charge >= 0.3 is 11.9 Å². The van der Waals surface area contributed by atoms with E-state index in [2.05, 4.69) is 6.92 Å². The molecule has 6 N–H and O–H groups in total. The highest BCUT2D eigenvalue weighted by Crippen LogP contribution is 2.04. The fourth-order valence-electron chi connectivity index (χ4n) is 1.51. The highest BCUT2D eigenvalue weighted by molar-refractivity contribution is 5.72. The third kappa shape index (κ3) is 19.2. The molecule has 0 aliphatic carbocycles. The number of hydrogen-bond donors (Lipinski definition) is 4. The van der Waals surface area contributed by atoms with Gasteiger partial charge in [-0.2, -0.15) is 0 Å². The van der Waals surface area contributed by atoms with E-state index < -0.39 is 18.0 Å². The van der Waals surface area contributed by atoms with Crippen molar-refractivity contribution in [2.24, 2.45) is 11.5 Å². The van der Waals surface area contributed by atoms with Crippen LogP contribution in [0.5, 0.6) is 0 Å². The Labute approximate surface area is 121 Å². The van der Waals surface area contributed by atoms with Gasteiger partial charge in [0.1, 0.15) is 6.04 Å². The van der Waals surface area contributed by atoms with Crippen molar-refractivity contribution in [2.45, 2.75) is 70.8 Å². The third-order valence-corrected chi connectivity index (χ3v) is 2.78. The standard InChI is InChI=1S/C8H16O2.C6H14N2O2/c1-2-3-4-5-6-7-8(9)10;7-4-2-1-3-5(8)6(9)10/h2-7H2,1H3,(H,9,10);5H,1-4,7-8H2,(H,9,10). The largest absolute Gasteiger partial charge is 0.481 e. The van der Waals surface area contributed by atoms with Crippen molar-refractivity contribution in [3.8, 4) is 0 Å². The first-order valence-electron chi connectivity index (χ1n) is 7.35. The number of carbonyl (C=O) groups is 2. The Hall–Kier alpha value is -1.14. The molecule has 0 amide bonds. The van der Waals surface area contributed by atoms with Crippen LogP contribution >= 0.6 is 0 Å². The Morgan fingerprint density at radius 2 is 1.60 bits per heavy atom. The van der Waals surface area contributed by atoms with Gasteiger partial charge in [-0.15, -0.1) is 0 Å². The monoisotopic (exact) mass is 290 g/mol. The van der Waals surface area contributed by atoms with Gasteiger partial charge in [-0.05, 0) is 25.8 Å². The molecule has 0 heterocycles. The van der Waals surface area contributed by atoms with Gasteiger partial charge in [0.2, 0.25) is 0 Å². The maximum atomic E-state index is 10.1. The first-order chi connectivity index (χ1) is 9.45. The summed E-state index contributed by atoms with van der Waals surface area (Å²) < 4.78 is 0. The minimum Gasteiger partial charge on any atom is -0.481 e. The molecule has 0 radical (unpaired) electrons. The minimum absolute atomic E-state index is 0.337. The average molecular weight is 290 g/mol. The number of carboxylic acid groups (broad SMARTS) is 2. The van der Waals surface area contributed by atoms with Crippen molar-refractivity contribution in [2.75, 3.05) is 6.54 Å². The van der Waals surface area contributed by atoms with Crippen LogP contribution in [0.2, 0.25) is 0 Å². The Kier molecular flexibility index (Phi) is 16.8. The van der Waals surface area contributed by atoms with Gasteiger partial charge in [-0.3, -0.25) is 9.59 Å². The third-order valence-electron chi connectivity index (χ3n) is 2.78. The van der Waals surface area contributed by atoms with Gasteiger partial charge in [-0.25, -0.2) is 0 Å². The van der Waals surface area contributed by atoms with Gasteiger partial charge in [0.25, 0.3) is 0 Å². The van der Waals surface area contributed by atoms with Crippen LogP contribution in [0.3, 0.4) is 0 Å². The highest BCUT2D eigenvalue weighted by Gasteiger charge is 2.09. The zero-order valence-corrected chi connectivity index (χ0v) is 12.5. The SMILES string of the molecule is CCCCCCCC(=O)O.NCCCCC(N)C(=O)O. The van der Waals surface area contributed by atoms with Crippen LogP contribution in [0.25, 0.3) is 0 Å². The molecule has 0 fully saturated rings. The summed E-state index contributed by atoms with van der Waals surface area (Å²) in [5.74, 6) is -1.60. The highest BCUT2D eigenvalue weighted by atomic mass is 16.4. The number of carboxylic acids is 2. The van der Waals surface area contributed by atoms with E-state index in [0.717, 1.165) is 25.7 Å². The Morgan fingerprint density at radius 1 is 1.00 bits per heavy atom. The second kappa shape index (κ2) is 15.9. The molecule has 120 valence electrons. The fourth-order valence-corrected chi connectivity index (χ4v) is 1.51. The molecular formula is C14H30N2O4. The molecule has 0 saturated heterocycles. The van der Waals surface area contributed by atoms with Crippen molar-refractivity contribution in [3.05, 3.63) is 0 Å². The smallest absolute Gasteiger partial charge is 0.320 e. The normalized spacial score (nSPS) is 11.3. The first kappa shape index (κ1) is 21.2. The molecular weight excluding hydrogens is 260 g/mol. The van der Waals surface area contributed by atoms with Crippen molar-refractivity contribution < 1.29 is 19.8 Å². The Bertz CT molecular complexity index is 247. The van der Waals surface area contributed by atoms with E-state index >= 15 is 0 Å². The number of unbranched alkanes of at least 4 members (excludes halogenated alkanes) is 5. The Morgan fingerprint density at radius 3 is 2.05 bits per heavy atom. The molecule has 6 heteroatoms. The summed E-state index contributed by atoms with van der Waals surface area (Å²) in [7, 11) is 0. The van der Waals surface area contributed by atoms with Crippen LogP contribution in [-0.4, -0.2) is 34.7 Å². The molecule has 20 heavy (non-hydrogen) atoms. The average Bonchev–Trinajstić information content (AvgIpc) is 2.39. The lowest BCUT2D eigenvalue weighted by Crippen LogP contribution is -2.29. The van der Waals surface area contributed by atoms with Crippen molar-refractivity contribution in [3.63, 3.8) is 0 Å². The van der Waals surface area contributed by atoms with Crippen LogP contribution in [0.15, 0.2) is 0 Å². The summed E-state index contributed by atoms with van der Waals surface area (Å²) >= 11 is 0. The van der Waals surface area contributed by atoms with Crippen LogP contribution in [0, 0.1) is 0 Å². The zero-order valence-electron chi connectivity index (χ0n) is 12.5. The summed E-state index contributed by atoms with van der Waals surface area (Å²) in [5, 5.41) is 16.6. The maximum absolute atomic E-state index is 10.1. The van der Waals surface area contributed by atoms with Gasteiger partial charge in [0.15, 0.2) is 0 Å². The first-order valence-corrected chi connectivity index (χ1v) is 7.35. The molecule has 0 aliphatic rings. The maximum Gasteiger partial charge on any atom is 0.320 e. The summed E-state index contributed by atoms with van der Waals surface area (Å²) in [4.78, 5) is 20.2. The van der Waals surface area contributed by atoms with Gasteiger partial charge in [0.05, 0.1) is 0 Å². The van der Waals surface area contributed by atoms with Crippen LogP contribution in [-0.2, 0) is 9.59 Å². The predicted octanol–water partition coefficient (Wildman–Crippen LogP) is 1.96. The van der Waals surface area contributed by atoms with Crippen LogP contribution < -0.4 is 11.5 Å². The molecule has 0 aromatic carbocycles. The molecule has 0 rings (SSSR count). The van der Waals surface area contributed by atoms with E-state index in [0.29, 0.717) is 19.4 Å². The summed E-state index contributed by atoms with van der Waals surface area (Å²) in [5.41, 5.74) is 10.4. The van der Waals surface area contributed by atoms with Crippen molar-refractivity contribution in [1.29, 1.82) is 0 Å². The topological polar surface area (TPSA) is 127 Å². The van der Waals surface area contributed by atoms with E-state index in [1.807, 2.05) is 0 Å². The van der Waals surface area contributed by atoms with Gasteiger partial charge in [-0.1, -0.05) is 39.0 Å². The fraction of sp³-hybridized carbons (Fsp3) is 0.857. The van der Waals surface area contributed by atoms with E-state index in [4.69, 9.17) is 21.7 Å². The van der Waals surface area contributed by atoms with E-state index in [-0.39, 0.29) is 0 Å². The quantitative estimate of drug-likeness (QED) is 0.431. The number of nitrogens with two attached hydrogens (primary N) is 2. The number of rotatable bonds is 11. The lowest BCUT2D eigenvalue weighted by Gasteiger charge is -2.03. The van der Waals surface area contributed by atoms with E-state index in [9.17, 15) is 9.59 Å². The van der Waals surface area contributed by atoms with Gasteiger partial charge in [0, 0.05) is 6.42 Å². The molecule has 6 nitrogen and oxygen atoms in total. The molecule has 0 aliphatic heterocycles. The van der Waals surface area contributed by atoms with Crippen LogP contribution in [0.1, 0.15) is 64.7 Å². The molecule has 0 spiro atoms. The summed E-state index contributed by atoms with van der Waals surface area (Å²) in [6, 6.07) is -0.716. The molecule has 1 atom stereocenters. The van der Waals surface area contributed by atoms with E-state index in [1.165, 1.54) is 19.3 Å². The summed E-state index contributed by atoms with van der Waals surface area (Å²) in [6.45, 7) is 2.75. The number of aliphatic carboxylic acids is 2. The molecule has 1 unspecified atom stereocenters. The number of hydrogen-bond acceptors (Lipinski definition) is 4. The molecule has 0 saturated carbocycles. The lowest BCUT2D eigenvalue weighted by atomic mass is 10.1. The van der Waals surface area contributed by atoms with Gasteiger partial charge < -0.3 is 21.7 Å². The van der Waals surface area contributed by atoms with Crippen molar-refractivity contribution in [1.82, 2.24) is 0 Å². The molecule has 0 aromatic rings. The Balaban J connectivity index is 0. The zero-order chi connectivity index (χ0) is 15.8.